The van der Waals surface area contributed by atoms with Gasteiger partial charge in [-0.25, -0.2) is 9.59 Å². The lowest BCUT2D eigenvalue weighted by atomic mass is 10.3. The third-order valence-electron chi connectivity index (χ3n) is 2.53. The van der Waals surface area contributed by atoms with Gasteiger partial charge < -0.3 is 14.2 Å². The molecule has 0 aliphatic rings. The van der Waals surface area contributed by atoms with E-state index in [4.69, 9.17) is 9.47 Å². The summed E-state index contributed by atoms with van der Waals surface area (Å²) in [4.78, 5) is 34.3. The highest BCUT2D eigenvalue weighted by Gasteiger charge is 2.24. The van der Waals surface area contributed by atoms with Crippen molar-refractivity contribution in [3.05, 3.63) is 28.7 Å². The Kier molecular flexibility index (Phi) is 6.84. The number of hydrogen-bond acceptors (Lipinski definition) is 6. The minimum Gasteiger partial charge on any atom is -0.479 e. The molecule has 0 unspecified atom stereocenters. The van der Waals surface area contributed by atoms with Crippen LogP contribution in [0.3, 0.4) is 0 Å². The summed E-state index contributed by atoms with van der Waals surface area (Å²) < 4.78 is 15.5. The Hall–Kier alpha value is -2.09. The summed E-state index contributed by atoms with van der Waals surface area (Å²) in [6.45, 7) is 2.83. The maximum absolute atomic E-state index is 11.8. The van der Waals surface area contributed by atoms with Gasteiger partial charge in [0.1, 0.15) is 5.75 Å². The maximum atomic E-state index is 11.8. The molecule has 0 radical (unpaired) electrons. The van der Waals surface area contributed by atoms with E-state index in [2.05, 4.69) is 20.7 Å². The molecule has 1 rings (SSSR count). The fraction of sp³-hybridized carbons (Fsp3) is 0.357. The number of rotatable bonds is 5. The SMILES string of the molecule is COC(=O)NC(=O)[C@H](C)OC(=O)[C@@H](C)Oc1ccc(Br)cc1. The van der Waals surface area contributed by atoms with Crippen molar-refractivity contribution in [2.24, 2.45) is 0 Å². The fourth-order valence-electron chi connectivity index (χ4n) is 1.34. The van der Waals surface area contributed by atoms with E-state index in [9.17, 15) is 14.4 Å². The van der Waals surface area contributed by atoms with Crippen molar-refractivity contribution in [2.45, 2.75) is 26.1 Å². The molecule has 0 saturated carbocycles. The van der Waals surface area contributed by atoms with Crippen LogP contribution in [0.2, 0.25) is 0 Å². The van der Waals surface area contributed by atoms with E-state index in [1.807, 2.05) is 5.32 Å². The third-order valence-corrected chi connectivity index (χ3v) is 3.06. The number of carbonyl (C=O) groups excluding carboxylic acids is 3. The van der Waals surface area contributed by atoms with Gasteiger partial charge in [0.2, 0.25) is 0 Å². The van der Waals surface area contributed by atoms with Gasteiger partial charge in [-0.15, -0.1) is 0 Å². The number of halogens is 1. The summed E-state index contributed by atoms with van der Waals surface area (Å²) in [7, 11) is 1.12. The molecule has 1 N–H and O–H groups in total. The van der Waals surface area contributed by atoms with Crippen LogP contribution in [0.5, 0.6) is 5.75 Å². The molecule has 22 heavy (non-hydrogen) atoms. The van der Waals surface area contributed by atoms with Crippen molar-refractivity contribution in [2.75, 3.05) is 7.11 Å². The molecule has 1 aromatic rings. The van der Waals surface area contributed by atoms with Crippen molar-refractivity contribution in [3.63, 3.8) is 0 Å². The van der Waals surface area contributed by atoms with Crippen LogP contribution in [0.1, 0.15) is 13.8 Å². The Bertz CT molecular complexity index is 545. The van der Waals surface area contributed by atoms with Crippen molar-refractivity contribution < 1.29 is 28.6 Å². The van der Waals surface area contributed by atoms with E-state index in [1.54, 1.807) is 24.3 Å². The first kappa shape index (κ1) is 18.0. The van der Waals surface area contributed by atoms with Crippen LogP contribution in [0.25, 0.3) is 0 Å². The zero-order chi connectivity index (χ0) is 16.7. The second kappa shape index (κ2) is 8.38. The van der Waals surface area contributed by atoms with E-state index in [0.717, 1.165) is 11.6 Å². The van der Waals surface area contributed by atoms with Gasteiger partial charge in [-0.2, -0.15) is 0 Å². The number of benzene rings is 1. The number of methoxy groups -OCH3 is 1. The number of amides is 2. The molecule has 0 aliphatic heterocycles. The lowest BCUT2D eigenvalue weighted by molar-refractivity contribution is -0.160. The maximum Gasteiger partial charge on any atom is 0.413 e. The average molecular weight is 374 g/mol. The van der Waals surface area contributed by atoms with Crippen LogP contribution in [0.15, 0.2) is 28.7 Å². The zero-order valence-corrected chi connectivity index (χ0v) is 13.9. The van der Waals surface area contributed by atoms with Crippen molar-refractivity contribution >= 4 is 33.9 Å². The molecular formula is C14H16BrNO6. The second-order valence-corrected chi connectivity index (χ2v) is 5.19. The highest BCUT2D eigenvalue weighted by atomic mass is 79.9. The van der Waals surface area contributed by atoms with Gasteiger partial charge in [-0.1, -0.05) is 15.9 Å². The van der Waals surface area contributed by atoms with Crippen LogP contribution < -0.4 is 10.1 Å². The number of hydrogen-bond donors (Lipinski definition) is 1. The minimum absolute atomic E-state index is 0.485. The molecule has 0 aliphatic carbocycles. The van der Waals surface area contributed by atoms with Crippen molar-refractivity contribution in [3.8, 4) is 5.75 Å². The Labute approximate surface area is 136 Å². The number of carbonyl (C=O) groups is 3. The van der Waals surface area contributed by atoms with Gasteiger partial charge in [0.25, 0.3) is 5.91 Å². The summed E-state index contributed by atoms with van der Waals surface area (Å²) in [5.41, 5.74) is 0. The van der Waals surface area contributed by atoms with E-state index < -0.39 is 30.2 Å². The first-order valence-electron chi connectivity index (χ1n) is 6.35. The van der Waals surface area contributed by atoms with E-state index >= 15 is 0 Å². The largest absolute Gasteiger partial charge is 0.479 e. The molecule has 0 saturated heterocycles. The number of alkyl carbamates (subject to hydrolysis) is 1. The van der Waals surface area contributed by atoms with Crippen LogP contribution >= 0.6 is 15.9 Å². The summed E-state index contributed by atoms with van der Waals surface area (Å²) >= 11 is 3.29. The quantitative estimate of drug-likeness (QED) is 0.794. The molecule has 8 heteroatoms. The molecule has 0 spiro atoms. The van der Waals surface area contributed by atoms with Crippen LogP contribution in [0, 0.1) is 0 Å². The van der Waals surface area contributed by atoms with Crippen LogP contribution in [-0.4, -0.2) is 37.3 Å². The summed E-state index contributed by atoms with van der Waals surface area (Å²) in [6, 6.07) is 6.89. The monoisotopic (exact) mass is 373 g/mol. The van der Waals surface area contributed by atoms with Gasteiger partial charge in [0.05, 0.1) is 7.11 Å². The molecular weight excluding hydrogens is 358 g/mol. The molecule has 2 atom stereocenters. The fourth-order valence-corrected chi connectivity index (χ4v) is 1.61. The Morgan fingerprint density at radius 3 is 2.23 bits per heavy atom. The molecule has 7 nitrogen and oxygen atoms in total. The molecule has 0 aromatic heterocycles. The number of ether oxygens (including phenoxy) is 3. The van der Waals surface area contributed by atoms with Gasteiger partial charge in [-0.3, -0.25) is 10.1 Å². The summed E-state index contributed by atoms with van der Waals surface area (Å²) in [6.07, 6.45) is -2.98. The normalized spacial score (nSPS) is 12.7. The lowest BCUT2D eigenvalue weighted by Gasteiger charge is -2.17. The Morgan fingerprint density at radius 2 is 1.68 bits per heavy atom. The number of nitrogens with one attached hydrogen (secondary N) is 1. The van der Waals surface area contributed by atoms with Crippen LogP contribution in [-0.2, 0) is 19.1 Å². The minimum atomic E-state index is -1.15. The Morgan fingerprint density at radius 1 is 1.09 bits per heavy atom. The molecule has 1 aromatic carbocycles. The van der Waals surface area contributed by atoms with Gasteiger partial charge in [0.15, 0.2) is 12.2 Å². The summed E-state index contributed by atoms with van der Waals surface area (Å²) in [5, 5.41) is 1.91. The highest BCUT2D eigenvalue weighted by Crippen LogP contribution is 2.17. The number of esters is 1. The van der Waals surface area contributed by atoms with Gasteiger partial charge >= 0.3 is 12.1 Å². The highest BCUT2D eigenvalue weighted by molar-refractivity contribution is 9.10. The van der Waals surface area contributed by atoms with E-state index in [0.29, 0.717) is 5.75 Å². The average Bonchev–Trinajstić information content (AvgIpc) is 2.49. The summed E-state index contributed by atoms with van der Waals surface area (Å²) in [5.74, 6) is -1.02. The predicted molar refractivity (Wildman–Crippen MR) is 80.3 cm³/mol. The Balaban J connectivity index is 2.51. The van der Waals surface area contributed by atoms with Gasteiger partial charge in [0, 0.05) is 4.47 Å². The zero-order valence-electron chi connectivity index (χ0n) is 12.3. The van der Waals surface area contributed by atoms with Crippen molar-refractivity contribution in [1.29, 1.82) is 0 Å². The topological polar surface area (TPSA) is 90.9 Å². The molecule has 0 fully saturated rings. The van der Waals surface area contributed by atoms with Gasteiger partial charge in [-0.05, 0) is 38.1 Å². The number of imide groups is 1. The third kappa shape index (κ3) is 5.72. The molecule has 0 heterocycles. The van der Waals surface area contributed by atoms with E-state index in [-0.39, 0.29) is 0 Å². The molecule has 120 valence electrons. The van der Waals surface area contributed by atoms with Crippen molar-refractivity contribution in [1.82, 2.24) is 5.32 Å². The smallest absolute Gasteiger partial charge is 0.413 e. The van der Waals surface area contributed by atoms with E-state index in [1.165, 1.54) is 13.8 Å². The molecule has 0 bridgehead atoms. The molecule has 2 amide bonds. The first-order chi connectivity index (χ1) is 10.3. The predicted octanol–water partition coefficient (Wildman–Crippen LogP) is 2.03. The second-order valence-electron chi connectivity index (χ2n) is 4.27. The first-order valence-corrected chi connectivity index (χ1v) is 7.14. The standard InChI is InChI=1S/C14H16BrNO6/c1-8(12(17)16-14(19)20-3)22-13(18)9(2)21-11-6-4-10(15)5-7-11/h4-9H,1-3H3,(H,16,17,19)/t8-,9+/m0/s1. The van der Waals surface area contributed by atoms with Crippen LogP contribution in [0.4, 0.5) is 4.79 Å². The lowest BCUT2D eigenvalue weighted by Crippen LogP contribution is -2.41.